The van der Waals surface area contributed by atoms with E-state index in [0.29, 0.717) is 6.54 Å². The van der Waals surface area contributed by atoms with Crippen LogP contribution in [-0.2, 0) is 0 Å². The van der Waals surface area contributed by atoms with Crippen LogP contribution in [0.1, 0.15) is 25.3 Å². The molecule has 29 heavy (non-hydrogen) atoms. The summed E-state index contributed by atoms with van der Waals surface area (Å²) in [6.07, 6.45) is 3.58. The van der Waals surface area contributed by atoms with Crippen molar-refractivity contribution < 1.29 is 4.74 Å². The second-order valence-corrected chi connectivity index (χ2v) is 6.86. The van der Waals surface area contributed by atoms with E-state index in [9.17, 15) is 0 Å². The van der Waals surface area contributed by atoms with Gasteiger partial charge in [-0.15, -0.1) is 24.0 Å². The molecule has 1 aromatic heterocycles. The molecular formula is C21H31IN6O. The highest BCUT2D eigenvalue weighted by Gasteiger charge is 2.21. The van der Waals surface area contributed by atoms with Gasteiger partial charge in [-0.1, -0.05) is 25.1 Å². The van der Waals surface area contributed by atoms with Crippen LogP contribution in [0, 0.1) is 0 Å². The molecule has 0 saturated carbocycles. The Labute approximate surface area is 190 Å². The largest absolute Gasteiger partial charge is 0.496 e. The minimum Gasteiger partial charge on any atom is -0.496 e. The van der Waals surface area contributed by atoms with E-state index in [2.05, 4.69) is 45.0 Å². The molecule has 7 nitrogen and oxygen atoms in total. The molecule has 0 amide bonds. The maximum atomic E-state index is 5.50. The van der Waals surface area contributed by atoms with Gasteiger partial charge in [0.1, 0.15) is 5.75 Å². The lowest BCUT2D eigenvalue weighted by atomic mass is 10.0. The number of hydrogen-bond donors (Lipinski definition) is 1. The van der Waals surface area contributed by atoms with Crippen molar-refractivity contribution >= 4 is 35.9 Å². The highest BCUT2D eigenvalue weighted by atomic mass is 127. The summed E-state index contributed by atoms with van der Waals surface area (Å²) >= 11 is 0. The van der Waals surface area contributed by atoms with E-state index in [1.54, 1.807) is 19.5 Å². The van der Waals surface area contributed by atoms with Gasteiger partial charge in [0.2, 0.25) is 5.95 Å². The van der Waals surface area contributed by atoms with Crippen LogP contribution >= 0.6 is 24.0 Å². The third-order valence-corrected chi connectivity index (χ3v) is 4.93. The molecule has 0 radical (unpaired) electrons. The molecule has 1 aliphatic heterocycles. The molecule has 0 aliphatic carbocycles. The predicted octanol–water partition coefficient (Wildman–Crippen LogP) is 2.99. The minimum atomic E-state index is 0. The molecule has 1 aromatic carbocycles. The smallest absolute Gasteiger partial charge is 0.225 e. The normalized spacial score (nSPS) is 15.5. The van der Waals surface area contributed by atoms with Crippen molar-refractivity contribution in [1.82, 2.24) is 20.2 Å². The summed E-state index contributed by atoms with van der Waals surface area (Å²) in [7, 11) is 1.72. The van der Waals surface area contributed by atoms with Crippen molar-refractivity contribution in [3.63, 3.8) is 0 Å². The van der Waals surface area contributed by atoms with Gasteiger partial charge in [-0.05, 0) is 24.6 Å². The Bertz CT molecular complexity index is 765. The first-order valence-corrected chi connectivity index (χ1v) is 9.91. The van der Waals surface area contributed by atoms with Crippen molar-refractivity contribution in [3.8, 4) is 5.75 Å². The molecule has 1 saturated heterocycles. The zero-order valence-electron chi connectivity index (χ0n) is 17.4. The predicted molar refractivity (Wildman–Crippen MR) is 129 cm³/mol. The number of anilines is 1. The number of hydrogen-bond acceptors (Lipinski definition) is 5. The molecule has 3 rings (SSSR count). The Balaban J connectivity index is 0.00000300. The first-order valence-electron chi connectivity index (χ1n) is 9.91. The van der Waals surface area contributed by atoms with Crippen LogP contribution in [0.15, 0.2) is 47.7 Å². The van der Waals surface area contributed by atoms with Crippen LogP contribution in [0.25, 0.3) is 0 Å². The van der Waals surface area contributed by atoms with Crippen LogP contribution in [0.4, 0.5) is 5.95 Å². The van der Waals surface area contributed by atoms with Crippen molar-refractivity contribution in [2.75, 3.05) is 51.3 Å². The number of ether oxygens (including phenoxy) is 1. The topological polar surface area (TPSA) is 65.9 Å². The number of nitrogens with one attached hydrogen (secondary N) is 1. The van der Waals surface area contributed by atoms with Crippen LogP contribution in [0.2, 0.25) is 0 Å². The fourth-order valence-corrected chi connectivity index (χ4v) is 3.39. The van der Waals surface area contributed by atoms with Crippen LogP contribution in [-0.4, -0.2) is 67.2 Å². The average Bonchev–Trinajstić information content (AvgIpc) is 2.77. The summed E-state index contributed by atoms with van der Waals surface area (Å²) in [6, 6.07) is 10.0. The number of benzene rings is 1. The molecule has 2 aromatic rings. The number of rotatable bonds is 6. The zero-order chi connectivity index (χ0) is 19.8. The molecule has 0 spiro atoms. The fraction of sp³-hybridized carbons (Fsp3) is 0.476. The number of halogens is 1. The Morgan fingerprint density at radius 3 is 2.48 bits per heavy atom. The monoisotopic (exact) mass is 510 g/mol. The first-order chi connectivity index (χ1) is 13.7. The molecule has 1 atom stereocenters. The van der Waals surface area contributed by atoms with E-state index in [0.717, 1.165) is 50.4 Å². The van der Waals surface area contributed by atoms with Gasteiger partial charge in [0.15, 0.2) is 5.96 Å². The number of guanidine groups is 1. The van der Waals surface area contributed by atoms with E-state index in [1.807, 2.05) is 24.3 Å². The van der Waals surface area contributed by atoms with E-state index < -0.39 is 0 Å². The van der Waals surface area contributed by atoms with E-state index in [4.69, 9.17) is 9.73 Å². The summed E-state index contributed by atoms with van der Waals surface area (Å²) in [5.41, 5.74) is 1.19. The lowest BCUT2D eigenvalue weighted by Crippen LogP contribution is -2.53. The molecule has 0 bridgehead atoms. The Kier molecular flexibility index (Phi) is 9.43. The number of nitrogens with zero attached hydrogens (tertiary/aromatic N) is 5. The lowest BCUT2D eigenvalue weighted by Gasteiger charge is -2.36. The summed E-state index contributed by atoms with van der Waals surface area (Å²) in [5, 5.41) is 3.44. The van der Waals surface area contributed by atoms with Gasteiger partial charge in [0, 0.05) is 57.6 Å². The third kappa shape index (κ3) is 6.19. The standard InChI is InChI=1S/C21H30N6O.HI/c1-4-22-20(25-16-17(2)18-8-5-6-9-19(18)28-3)26-12-14-27(15-13-26)21-23-10-7-11-24-21;/h5-11,17H,4,12-16H2,1-3H3,(H,22,25);1H. The quantitative estimate of drug-likeness (QED) is 0.366. The van der Waals surface area contributed by atoms with Crippen molar-refractivity contribution in [2.24, 2.45) is 4.99 Å². The number of aliphatic imine (C=N–C) groups is 1. The van der Waals surface area contributed by atoms with E-state index in [-0.39, 0.29) is 29.9 Å². The molecule has 158 valence electrons. The van der Waals surface area contributed by atoms with Gasteiger partial charge in [-0.25, -0.2) is 9.97 Å². The van der Waals surface area contributed by atoms with E-state index >= 15 is 0 Å². The van der Waals surface area contributed by atoms with Gasteiger partial charge >= 0.3 is 0 Å². The molecule has 1 aliphatic rings. The third-order valence-electron chi connectivity index (χ3n) is 4.93. The minimum absolute atomic E-state index is 0. The molecule has 8 heteroatoms. The first kappa shape index (κ1) is 23.2. The highest BCUT2D eigenvalue weighted by molar-refractivity contribution is 14.0. The van der Waals surface area contributed by atoms with Crippen LogP contribution < -0.4 is 15.0 Å². The summed E-state index contributed by atoms with van der Waals surface area (Å²) in [5.74, 6) is 2.97. The Morgan fingerprint density at radius 2 is 1.83 bits per heavy atom. The zero-order valence-corrected chi connectivity index (χ0v) is 19.7. The van der Waals surface area contributed by atoms with Crippen LogP contribution in [0.3, 0.4) is 0 Å². The molecule has 1 N–H and O–H groups in total. The van der Waals surface area contributed by atoms with Crippen molar-refractivity contribution in [3.05, 3.63) is 48.3 Å². The lowest BCUT2D eigenvalue weighted by molar-refractivity contribution is 0.369. The summed E-state index contributed by atoms with van der Waals surface area (Å²) in [4.78, 5) is 18.2. The number of aromatic nitrogens is 2. The van der Waals surface area contributed by atoms with Gasteiger partial charge in [-0.2, -0.15) is 0 Å². The van der Waals surface area contributed by atoms with Crippen molar-refractivity contribution in [1.29, 1.82) is 0 Å². The SMILES string of the molecule is CCNC(=NCC(C)c1ccccc1OC)N1CCN(c2ncccn2)CC1.I. The summed E-state index contributed by atoms with van der Waals surface area (Å²) in [6.45, 7) is 9.42. The maximum Gasteiger partial charge on any atom is 0.225 e. The number of methoxy groups -OCH3 is 1. The fourth-order valence-electron chi connectivity index (χ4n) is 3.39. The molecule has 1 fully saturated rings. The average molecular weight is 510 g/mol. The second kappa shape index (κ2) is 11.8. The Hall–Kier alpha value is -2.10. The van der Waals surface area contributed by atoms with Gasteiger partial charge in [-0.3, -0.25) is 4.99 Å². The molecule has 1 unspecified atom stereocenters. The van der Waals surface area contributed by atoms with Gasteiger partial charge in [0.05, 0.1) is 7.11 Å². The van der Waals surface area contributed by atoms with E-state index in [1.165, 1.54) is 5.56 Å². The maximum absolute atomic E-state index is 5.50. The van der Waals surface area contributed by atoms with Crippen LogP contribution in [0.5, 0.6) is 5.75 Å². The van der Waals surface area contributed by atoms with Gasteiger partial charge in [0.25, 0.3) is 0 Å². The highest BCUT2D eigenvalue weighted by Crippen LogP contribution is 2.26. The second-order valence-electron chi connectivity index (χ2n) is 6.86. The number of piperazine rings is 1. The summed E-state index contributed by atoms with van der Waals surface area (Å²) < 4.78 is 5.50. The van der Waals surface area contributed by atoms with Crippen molar-refractivity contribution in [2.45, 2.75) is 19.8 Å². The van der Waals surface area contributed by atoms with Gasteiger partial charge < -0.3 is 19.9 Å². The number of para-hydroxylation sites is 1. The molecular weight excluding hydrogens is 479 g/mol. The Morgan fingerprint density at radius 1 is 1.14 bits per heavy atom. The molecule has 2 heterocycles.